The number of aromatic nitrogens is 1. The van der Waals surface area contributed by atoms with Gasteiger partial charge in [-0.25, -0.2) is 4.79 Å². The largest absolute Gasteiger partial charge is 0.380 e. The van der Waals surface area contributed by atoms with E-state index >= 15 is 0 Å². The fraction of sp³-hybridized carbons (Fsp3) is 0.194. The van der Waals surface area contributed by atoms with E-state index in [2.05, 4.69) is 21.9 Å². The molecule has 5 rings (SSSR count). The molecule has 0 amide bonds. The molecule has 7 heteroatoms. The van der Waals surface area contributed by atoms with Crippen LogP contribution in [-0.4, -0.2) is 35.2 Å². The minimum atomic E-state index is -0.485. The van der Waals surface area contributed by atoms with E-state index in [4.69, 9.17) is 9.57 Å². The van der Waals surface area contributed by atoms with Gasteiger partial charge in [0.25, 0.3) is 0 Å². The predicted octanol–water partition coefficient (Wildman–Crippen LogP) is 6.75. The number of rotatable bonds is 9. The maximum Gasteiger partial charge on any atom is 0.332 e. The standard InChI is InChI=1S/C31H28N2O4S/c1-4-36-16-15-33-27-13-11-22(30(32-37-21(3)34)24-9-6-5-8-20(24)2)18-25(27)26-19-23(12-14-28(26)33)31(35)29-10-7-17-38-29/h5-14,17-19H,4,15-16H2,1-3H3/b32-30-. The number of fused-ring (bicyclic) bond motifs is 3. The zero-order valence-corrected chi connectivity index (χ0v) is 22.4. The van der Waals surface area contributed by atoms with Crippen molar-refractivity contribution in [3.8, 4) is 0 Å². The highest BCUT2D eigenvalue weighted by molar-refractivity contribution is 7.12. The molecule has 0 spiro atoms. The van der Waals surface area contributed by atoms with Gasteiger partial charge in [-0.2, -0.15) is 0 Å². The summed E-state index contributed by atoms with van der Waals surface area (Å²) in [6.07, 6.45) is 0. The van der Waals surface area contributed by atoms with Crippen molar-refractivity contribution in [2.24, 2.45) is 5.16 Å². The number of carbonyl (C=O) groups is 2. The third-order valence-corrected chi connectivity index (χ3v) is 7.34. The Balaban J connectivity index is 1.71. The number of oxime groups is 1. The lowest BCUT2D eigenvalue weighted by Crippen LogP contribution is -2.08. The molecule has 0 aliphatic heterocycles. The van der Waals surface area contributed by atoms with Gasteiger partial charge in [-0.05, 0) is 61.2 Å². The number of ketones is 1. The molecule has 0 aliphatic carbocycles. The number of hydrogen-bond acceptors (Lipinski definition) is 6. The van der Waals surface area contributed by atoms with Crippen LogP contribution in [0.5, 0.6) is 0 Å². The minimum Gasteiger partial charge on any atom is -0.380 e. The topological polar surface area (TPSA) is 69.9 Å². The summed E-state index contributed by atoms with van der Waals surface area (Å²) in [6, 6.07) is 23.6. The van der Waals surface area contributed by atoms with Crippen LogP contribution in [-0.2, 0) is 20.9 Å². The third-order valence-electron chi connectivity index (χ3n) is 6.47. The van der Waals surface area contributed by atoms with E-state index in [0.717, 1.165) is 38.5 Å². The summed E-state index contributed by atoms with van der Waals surface area (Å²) in [6.45, 7) is 7.22. The van der Waals surface area contributed by atoms with Gasteiger partial charge in [0.2, 0.25) is 5.78 Å². The first-order chi connectivity index (χ1) is 18.5. The van der Waals surface area contributed by atoms with Crippen molar-refractivity contribution in [2.75, 3.05) is 13.2 Å². The molecule has 0 aliphatic rings. The monoisotopic (exact) mass is 524 g/mol. The molecular formula is C31H28N2O4S. The summed E-state index contributed by atoms with van der Waals surface area (Å²) in [5.74, 6) is -0.480. The number of aryl methyl sites for hydroxylation is 1. The molecule has 6 nitrogen and oxygen atoms in total. The molecule has 5 aromatic rings. The van der Waals surface area contributed by atoms with E-state index in [1.54, 1.807) is 0 Å². The Hall–Kier alpha value is -4.07. The Labute approximate surface area is 225 Å². The van der Waals surface area contributed by atoms with Crippen molar-refractivity contribution in [2.45, 2.75) is 27.3 Å². The van der Waals surface area contributed by atoms with E-state index in [0.29, 0.717) is 35.9 Å². The number of ether oxygens (including phenoxy) is 1. The molecule has 2 aromatic heterocycles. The number of nitrogens with zero attached hydrogens (tertiary/aromatic N) is 2. The normalized spacial score (nSPS) is 11.8. The van der Waals surface area contributed by atoms with Gasteiger partial charge >= 0.3 is 5.97 Å². The lowest BCUT2D eigenvalue weighted by atomic mass is 9.97. The molecule has 3 aromatic carbocycles. The third kappa shape index (κ3) is 5.03. The zero-order chi connectivity index (χ0) is 26.6. The van der Waals surface area contributed by atoms with Crippen LogP contribution in [0.25, 0.3) is 21.8 Å². The highest BCUT2D eigenvalue weighted by Crippen LogP contribution is 2.32. The Morgan fingerprint density at radius 1 is 0.921 bits per heavy atom. The van der Waals surface area contributed by atoms with Gasteiger partial charge in [-0.15, -0.1) is 11.3 Å². The number of hydrogen-bond donors (Lipinski definition) is 0. The van der Waals surface area contributed by atoms with E-state index in [1.807, 2.05) is 79.9 Å². The number of benzene rings is 3. The fourth-order valence-corrected chi connectivity index (χ4v) is 5.38. The molecule has 0 bridgehead atoms. The summed E-state index contributed by atoms with van der Waals surface area (Å²) >= 11 is 1.44. The summed E-state index contributed by atoms with van der Waals surface area (Å²) in [5.41, 5.74) is 5.97. The maximum absolute atomic E-state index is 13.2. The minimum absolute atomic E-state index is 0.00490. The highest BCUT2D eigenvalue weighted by Gasteiger charge is 2.18. The first kappa shape index (κ1) is 25.6. The van der Waals surface area contributed by atoms with Crippen LogP contribution < -0.4 is 0 Å². The van der Waals surface area contributed by atoms with Gasteiger partial charge in [-0.1, -0.05) is 41.6 Å². The Morgan fingerprint density at radius 2 is 1.63 bits per heavy atom. The molecular weight excluding hydrogens is 496 g/mol. The van der Waals surface area contributed by atoms with Gasteiger partial charge in [0.15, 0.2) is 0 Å². The molecule has 38 heavy (non-hydrogen) atoms. The van der Waals surface area contributed by atoms with Crippen LogP contribution in [0.2, 0.25) is 0 Å². The van der Waals surface area contributed by atoms with Crippen LogP contribution >= 0.6 is 11.3 Å². The molecule has 2 heterocycles. The van der Waals surface area contributed by atoms with Crippen LogP contribution in [0.1, 0.15) is 45.8 Å². The van der Waals surface area contributed by atoms with E-state index < -0.39 is 5.97 Å². The second kappa shape index (κ2) is 11.1. The predicted molar refractivity (Wildman–Crippen MR) is 152 cm³/mol. The van der Waals surface area contributed by atoms with Gasteiger partial charge in [0.05, 0.1) is 11.5 Å². The molecule has 0 fully saturated rings. The Kier molecular flexibility index (Phi) is 7.49. The number of carbonyl (C=O) groups excluding carboxylic acids is 2. The highest BCUT2D eigenvalue weighted by atomic mass is 32.1. The van der Waals surface area contributed by atoms with Gasteiger partial charge in [0.1, 0.15) is 5.71 Å². The smallest absolute Gasteiger partial charge is 0.332 e. The van der Waals surface area contributed by atoms with Crippen molar-refractivity contribution in [1.29, 1.82) is 0 Å². The molecule has 0 saturated heterocycles. The number of thiophene rings is 1. The van der Waals surface area contributed by atoms with Crippen molar-refractivity contribution in [3.63, 3.8) is 0 Å². The van der Waals surface area contributed by atoms with Crippen molar-refractivity contribution in [3.05, 3.63) is 105 Å². The quantitative estimate of drug-likeness (QED) is 0.0703. The van der Waals surface area contributed by atoms with Gasteiger partial charge < -0.3 is 14.1 Å². The van der Waals surface area contributed by atoms with Crippen LogP contribution in [0.15, 0.2) is 83.3 Å². The fourth-order valence-electron chi connectivity index (χ4n) is 4.69. The van der Waals surface area contributed by atoms with E-state index in [-0.39, 0.29) is 5.78 Å². The summed E-state index contributed by atoms with van der Waals surface area (Å²) < 4.78 is 7.88. The second-order valence-electron chi connectivity index (χ2n) is 8.96. The Bertz CT molecular complexity index is 1660. The van der Waals surface area contributed by atoms with Gasteiger partial charge in [0, 0.05) is 58.6 Å². The molecule has 0 atom stereocenters. The lowest BCUT2D eigenvalue weighted by Gasteiger charge is -2.11. The van der Waals surface area contributed by atoms with Crippen LogP contribution in [0, 0.1) is 6.92 Å². The average molecular weight is 525 g/mol. The molecule has 0 saturated carbocycles. The van der Waals surface area contributed by atoms with Crippen LogP contribution in [0.4, 0.5) is 0 Å². The van der Waals surface area contributed by atoms with Crippen LogP contribution in [0.3, 0.4) is 0 Å². The lowest BCUT2D eigenvalue weighted by molar-refractivity contribution is -0.140. The SMILES string of the molecule is CCOCCn1c2ccc(C(=O)c3cccs3)cc2c2cc(/C(=N/OC(C)=O)c3ccccc3C)ccc21. The molecule has 0 N–H and O–H groups in total. The summed E-state index contributed by atoms with van der Waals surface area (Å²) in [7, 11) is 0. The van der Waals surface area contributed by atoms with Crippen molar-refractivity contribution < 1.29 is 19.2 Å². The molecule has 0 radical (unpaired) electrons. The molecule has 0 unspecified atom stereocenters. The van der Waals surface area contributed by atoms with Gasteiger partial charge in [-0.3, -0.25) is 4.79 Å². The van der Waals surface area contributed by atoms with Crippen molar-refractivity contribution in [1.82, 2.24) is 4.57 Å². The average Bonchev–Trinajstić information content (AvgIpc) is 3.56. The maximum atomic E-state index is 13.2. The summed E-state index contributed by atoms with van der Waals surface area (Å²) in [5, 5.41) is 8.11. The second-order valence-corrected chi connectivity index (χ2v) is 9.90. The molecule has 192 valence electrons. The van der Waals surface area contributed by atoms with E-state index in [9.17, 15) is 9.59 Å². The summed E-state index contributed by atoms with van der Waals surface area (Å²) in [4.78, 5) is 30.6. The first-order valence-electron chi connectivity index (χ1n) is 12.5. The Morgan fingerprint density at radius 3 is 2.29 bits per heavy atom. The van der Waals surface area contributed by atoms with E-state index in [1.165, 1.54) is 18.3 Å². The van der Waals surface area contributed by atoms with Crippen molar-refractivity contribution >= 4 is 50.6 Å². The zero-order valence-electron chi connectivity index (χ0n) is 21.6. The first-order valence-corrected chi connectivity index (χ1v) is 13.4.